The molecule has 3 rings (SSSR count). The van der Waals surface area contributed by atoms with Crippen LogP contribution in [-0.2, 0) is 4.79 Å². The van der Waals surface area contributed by atoms with Gasteiger partial charge in [-0.1, -0.05) is 13.8 Å². The van der Waals surface area contributed by atoms with Gasteiger partial charge in [0.15, 0.2) is 0 Å². The summed E-state index contributed by atoms with van der Waals surface area (Å²) >= 11 is 0. The largest absolute Gasteiger partial charge is 0.342 e. The zero-order chi connectivity index (χ0) is 17.8. The van der Waals surface area contributed by atoms with Crippen LogP contribution >= 0.6 is 0 Å². The van der Waals surface area contributed by atoms with Crippen LogP contribution in [0.4, 0.5) is 11.6 Å². The summed E-state index contributed by atoms with van der Waals surface area (Å²) in [4.78, 5) is 31.5. The van der Waals surface area contributed by atoms with Gasteiger partial charge in [-0.2, -0.15) is 0 Å². The Morgan fingerprint density at radius 3 is 2.88 bits per heavy atom. The Kier molecular flexibility index (Phi) is 5.21. The van der Waals surface area contributed by atoms with E-state index in [1.165, 1.54) is 0 Å². The van der Waals surface area contributed by atoms with Crippen LogP contribution < -0.4 is 5.32 Å². The fourth-order valence-corrected chi connectivity index (χ4v) is 3.07. The van der Waals surface area contributed by atoms with E-state index in [0.717, 1.165) is 25.2 Å². The molecule has 0 radical (unpaired) electrons. The molecule has 0 spiro atoms. The van der Waals surface area contributed by atoms with Crippen molar-refractivity contribution in [1.29, 1.82) is 0 Å². The van der Waals surface area contributed by atoms with Gasteiger partial charge in [0, 0.05) is 43.9 Å². The molecule has 1 atom stereocenters. The van der Waals surface area contributed by atoms with E-state index in [9.17, 15) is 4.79 Å². The van der Waals surface area contributed by atoms with Crippen LogP contribution in [0.3, 0.4) is 0 Å². The zero-order valence-electron chi connectivity index (χ0n) is 14.9. The third-order valence-corrected chi connectivity index (χ3v) is 4.22. The molecule has 0 aromatic carbocycles. The Bertz CT molecular complexity index is 734. The summed E-state index contributed by atoms with van der Waals surface area (Å²) in [5.74, 6) is 2.93. The second kappa shape index (κ2) is 7.55. The van der Waals surface area contributed by atoms with Crippen LogP contribution in [-0.4, -0.2) is 43.8 Å². The lowest BCUT2D eigenvalue weighted by Gasteiger charge is -2.18. The first-order chi connectivity index (χ1) is 12.0. The van der Waals surface area contributed by atoms with Crippen LogP contribution in [0.5, 0.6) is 0 Å². The highest BCUT2D eigenvalue weighted by Crippen LogP contribution is 2.28. The molecule has 2 aromatic rings. The molecule has 25 heavy (non-hydrogen) atoms. The van der Waals surface area contributed by atoms with Crippen LogP contribution in [0.2, 0.25) is 0 Å². The highest BCUT2D eigenvalue weighted by molar-refractivity contribution is 5.76. The number of nitrogens with one attached hydrogen (secondary N) is 1. The lowest BCUT2D eigenvalue weighted by atomic mass is 10.0. The maximum atomic E-state index is 12.3. The predicted octanol–water partition coefficient (Wildman–Crippen LogP) is 2.68. The highest BCUT2D eigenvalue weighted by Gasteiger charge is 2.28. The lowest BCUT2D eigenvalue weighted by molar-refractivity contribution is -0.130. The van der Waals surface area contributed by atoms with Crippen molar-refractivity contribution in [2.24, 2.45) is 5.92 Å². The molecular weight excluding hydrogens is 316 g/mol. The van der Waals surface area contributed by atoms with Crippen molar-refractivity contribution in [1.82, 2.24) is 24.8 Å². The summed E-state index contributed by atoms with van der Waals surface area (Å²) in [6.45, 7) is 7.55. The van der Waals surface area contributed by atoms with Gasteiger partial charge in [-0.05, 0) is 19.3 Å². The van der Waals surface area contributed by atoms with Gasteiger partial charge in [0.2, 0.25) is 5.91 Å². The minimum absolute atomic E-state index is 0.237. The van der Waals surface area contributed by atoms with Crippen molar-refractivity contribution in [3.8, 4) is 0 Å². The van der Waals surface area contributed by atoms with Crippen molar-refractivity contribution in [3.05, 3.63) is 36.2 Å². The number of hydrogen-bond acceptors (Lipinski definition) is 6. The molecule has 1 amide bonds. The Balaban J connectivity index is 1.71. The summed E-state index contributed by atoms with van der Waals surface area (Å²) < 4.78 is 0. The molecule has 132 valence electrons. The number of aromatic nitrogens is 4. The average Bonchev–Trinajstić information content (AvgIpc) is 3.05. The van der Waals surface area contributed by atoms with Gasteiger partial charge in [0.1, 0.15) is 17.5 Å². The van der Waals surface area contributed by atoms with Crippen molar-refractivity contribution in [3.63, 3.8) is 0 Å². The summed E-state index contributed by atoms with van der Waals surface area (Å²) in [6.07, 6.45) is 6.45. The second-order valence-corrected chi connectivity index (χ2v) is 6.86. The van der Waals surface area contributed by atoms with Crippen molar-refractivity contribution in [2.75, 3.05) is 18.4 Å². The van der Waals surface area contributed by atoms with Gasteiger partial charge < -0.3 is 10.2 Å². The van der Waals surface area contributed by atoms with Crippen molar-refractivity contribution in [2.45, 2.75) is 39.5 Å². The third-order valence-electron chi connectivity index (χ3n) is 4.22. The fraction of sp³-hybridized carbons (Fsp3) is 0.500. The van der Waals surface area contributed by atoms with Gasteiger partial charge in [-0.25, -0.2) is 15.0 Å². The molecule has 1 N–H and O–H groups in total. The summed E-state index contributed by atoms with van der Waals surface area (Å²) in [5.41, 5.74) is 0.971. The molecule has 0 saturated carbocycles. The van der Waals surface area contributed by atoms with Crippen LogP contribution in [0, 0.1) is 12.8 Å². The number of amides is 1. The number of carbonyl (C=O) groups is 1. The number of aryl methyl sites for hydroxylation is 1. The zero-order valence-corrected chi connectivity index (χ0v) is 14.9. The summed E-state index contributed by atoms with van der Waals surface area (Å²) in [5, 5.41) is 3.16. The first kappa shape index (κ1) is 17.3. The number of nitrogens with zero attached hydrogens (tertiary/aromatic N) is 5. The van der Waals surface area contributed by atoms with E-state index < -0.39 is 0 Å². The Labute approximate surface area is 147 Å². The van der Waals surface area contributed by atoms with Crippen LogP contribution in [0.15, 0.2) is 24.7 Å². The normalized spacial score (nSPS) is 17.1. The molecule has 2 aromatic heterocycles. The minimum atomic E-state index is 0.237. The van der Waals surface area contributed by atoms with Gasteiger partial charge in [0.25, 0.3) is 0 Å². The number of carbonyl (C=O) groups excluding carboxylic acids is 1. The molecule has 1 fully saturated rings. The maximum Gasteiger partial charge on any atom is 0.222 e. The van der Waals surface area contributed by atoms with Gasteiger partial charge in [0.05, 0.1) is 11.9 Å². The van der Waals surface area contributed by atoms with E-state index in [0.29, 0.717) is 29.8 Å². The van der Waals surface area contributed by atoms with Gasteiger partial charge in [-0.3, -0.25) is 9.78 Å². The summed E-state index contributed by atoms with van der Waals surface area (Å²) in [7, 11) is 0. The van der Waals surface area contributed by atoms with E-state index in [1.807, 2.05) is 17.9 Å². The van der Waals surface area contributed by atoms with Gasteiger partial charge in [-0.15, -0.1) is 0 Å². The Hall–Kier alpha value is -2.57. The number of hydrogen-bond donors (Lipinski definition) is 1. The van der Waals surface area contributed by atoms with Gasteiger partial charge >= 0.3 is 0 Å². The molecule has 1 aliphatic heterocycles. The molecule has 1 aliphatic rings. The first-order valence-electron chi connectivity index (χ1n) is 8.67. The van der Waals surface area contributed by atoms with E-state index in [-0.39, 0.29) is 11.8 Å². The molecular formula is C18H24N6O. The summed E-state index contributed by atoms with van der Waals surface area (Å²) in [6, 6.07) is 1.95. The SMILES string of the molecule is Cc1nc(Nc2cnccn2)cc([C@@H]2CCN(C(=O)CC(C)C)C2)n1. The fourth-order valence-electron chi connectivity index (χ4n) is 3.07. The standard InChI is InChI=1S/C18H24N6O/c1-12(2)8-18(25)24-7-4-14(11-24)15-9-16(22-13(3)21-15)23-17-10-19-5-6-20-17/h5-6,9-10,12,14H,4,7-8,11H2,1-3H3,(H,20,21,22,23)/t14-/m1/s1. The average molecular weight is 340 g/mol. The maximum absolute atomic E-state index is 12.3. The van der Waals surface area contributed by atoms with Crippen LogP contribution in [0.1, 0.15) is 44.1 Å². The topological polar surface area (TPSA) is 83.9 Å². The number of anilines is 2. The number of likely N-dealkylation sites (tertiary alicyclic amines) is 1. The molecule has 0 unspecified atom stereocenters. The monoisotopic (exact) mass is 340 g/mol. The first-order valence-corrected chi connectivity index (χ1v) is 8.67. The van der Waals surface area contributed by atoms with E-state index in [4.69, 9.17) is 0 Å². The third kappa shape index (κ3) is 4.49. The highest BCUT2D eigenvalue weighted by atomic mass is 16.2. The van der Waals surface area contributed by atoms with Crippen molar-refractivity contribution >= 4 is 17.5 Å². The molecule has 1 saturated heterocycles. The molecule has 3 heterocycles. The minimum Gasteiger partial charge on any atom is -0.342 e. The van der Waals surface area contributed by atoms with E-state index >= 15 is 0 Å². The molecule has 0 aliphatic carbocycles. The number of rotatable bonds is 5. The van der Waals surface area contributed by atoms with E-state index in [2.05, 4.69) is 39.1 Å². The Morgan fingerprint density at radius 1 is 1.32 bits per heavy atom. The second-order valence-electron chi connectivity index (χ2n) is 6.86. The smallest absolute Gasteiger partial charge is 0.222 e. The predicted molar refractivity (Wildman–Crippen MR) is 95.5 cm³/mol. The molecule has 0 bridgehead atoms. The van der Waals surface area contributed by atoms with Crippen molar-refractivity contribution < 1.29 is 4.79 Å². The molecule has 7 nitrogen and oxygen atoms in total. The Morgan fingerprint density at radius 2 is 2.16 bits per heavy atom. The van der Waals surface area contributed by atoms with Crippen LogP contribution in [0.25, 0.3) is 0 Å². The quantitative estimate of drug-likeness (QED) is 0.901. The van der Waals surface area contributed by atoms with E-state index in [1.54, 1.807) is 18.6 Å². The lowest BCUT2D eigenvalue weighted by Crippen LogP contribution is -2.29. The molecule has 7 heteroatoms.